The molecular weight excluding hydrogens is 602 g/mol. The first-order valence-electron chi connectivity index (χ1n) is 15.5. The molecular formula is C39H31N5O4. The molecule has 7 aromatic rings. The fourth-order valence-electron chi connectivity index (χ4n) is 6.49. The molecule has 7 rings (SSSR count). The molecule has 0 bridgehead atoms. The van der Waals surface area contributed by atoms with Gasteiger partial charge in [0.2, 0.25) is 0 Å². The average molecular weight is 634 g/mol. The number of aromatic amines is 1. The van der Waals surface area contributed by atoms with Crippen molar-refractivity contribution in [1.29, 1.82) is 0 Å². The lowest BCUT2D eigenvalue weighted by Gasteiger charge is -2.39. The summed E-state index contributed by atoms with van der Waals surface area (Å²) in [6.45, 7) is 0. The molecule has 2 N–H and O–H groups in total. The van der Waals surface area contributed by atoms with E-state index in [4.69, 9.17) is 4.74 Å². The Hall–Kier alpha value is -6.19. The first-order chi connectivity index (χ1) is 23.5. The zero-order chi connectivity index (χ0) is 33.1. The van der Waals surface area contributed by atoms with Gasteiger partial charge in [0.25, 0.3) is 5.56 Å². The number of nitrogens with zero attached hydrogens (tertiary/aromatic N) is 3. The number of esters is 1. The number of benzene rings is 4. The Morgan fingerprint density at radius 2 is 1.42 bits per heavy atom. The van der Waals surface area contributed by atoms with Crippen LogP contribution in [0.1, 0.15) is 22.3 Å². The molecule has 0 aliphatic carbocycles. The third-order valence-corrected chi connectivity index (χ3v) is 8.70. The van der Waals surface area contributed by atoms with Crippen LogP contribution in [0.2, 0.25) is 0 Å². The summed E-state index contributed by atoms with van der Waals surface area (Å²) >= 11 is 0. The van der Waals surface area contributed by atoms with Gasteiger partial charge in [0.15, 0.2) is 0 Å². The molecule has 0 saturated heterocycles. The summed E-state index contributed by atoms with van der Waals surface area (Å²) in [5, 5.41) is 4.77. The van der Waals surface area contributed by atoms with Crippen LogP contribution >= 0.6 is 0 Å². The zero-order valence-corrected chi connectivity index (χ0v) is 26.0. The second-order valence-corrected chi connectivity index (χ2v) is 11.4. The molecule has 0 saturated carbocycles. The van der Waals surface area contributed by atoms with Crippen LogP contribution in [0, 0.1) is 0 Å². The molecule has 48 heavy (non-hydrogen) atoms. The summed E-state index contributed by atoms with van der Waals surface area (Å²) in [4.78, 5) is 51.9. The predicted octanol–water partition coefficient (Wildman–Crippen LogP) is 5.29. The second-order valence-electron chi connectivity index (χ2n) is 11.4. The van der Waals surface area contributed by atoms with E-state index in [1.165, 1.54) is 19.5 Å². The molecule has 0 spiro atoms. The molecule has 0 radical (unpaired) electrons. The molecule has 0 amide bonds. The predicted molar refractivity (Wildman–Crippen MR) is 185 cm³/mol. The molecule has 3 heterocycles. The van der Waals surface area contributed by atoms with Gasteiger partial charge in [-0.1, -0.05) is 103 Å². The molecule has 1 atom stereocenters. The van der Waals surface area contributed by atoms with Crippen molar-refractivity contribution in [3.8, 4) is 5.69 Å². The maximum Gasteiger partial charge on any atom is 0.333 e. The summed E-state index contributed by atoms with van der Waals surface area (Å²) in [6.07, 6.45) is 4.79. The van der Waals surface area contributed by atoms with Crippen molar-refractivity contribution in [1.82, 2.24) is 24.8 Å². The first-order valence-corrected chi connectivity index (χ1v) is 15.5. The first kappa shape index (κ1) is 30.5. The number of nitrogens with one attached hydrogen (secondary N) is 2. The van der Waals surface area contributed by atoms with E-state index in [1.54, 1.807) is 24.4 Å². The number of H-pyrrole nitrogens is 1. The lowest BCUT2D eigenvalue weighted by Crippen LogP contribution is -2.53. The Labute approximate surface area is 275 Å². The number of pyridine rings is 2. The monoisotopic (exact) mass is 633 g/mol. The zero-order valence-electron chi connectivity index (χ0n) is 26.0. The molecule has 9 nitrogen and oxygen atoms in total. The Bertz CT molecular complexity index is 2260. The fourth-order valence-corrected chi connectivity index (χ4v) is 6.49. The van der Waals surface area contributed by atoms with Gasteiger partial charge in [-0.05, 0) is 46.9 Å². The van der Waals surface area contributed by atoms with Crippen LogP contribution in [-0.2, 0) is 21.5 Å². The molecule has 0 fully saturated rings. The summed E-state index contributed by atoms with van der Waals surface area (Å²) in [6, 6.07) is 38.0. The van der Waals surface area contributed by atoms with Crippen molar-refractivity contribution in [2.75, 3.05) is 7.11 Å². The van der Waals surface area contributed by atoms with E-state index in [1.807, 2.05) is 103 Å². The second kappa shape index (κ2) is 12.9. The summed E-state index contributed by atoms with van der Waals surface area (Å²) in [5.41, 5.74) is 2.72. The van der Waals surface area contributed by atoms with Crippen LogP contribution in [0.5, 0.6) is 0 Å². The molecule has 236 valence electrons. The Morgan fingerprint density at radius 1 is 0.792 bits per heavy atom. The van der Waals surface area contributed by atoms with Gasteiger partial charge in [-0.3, -0.25) is 24.9 Å². The lowest BCUT2D eigenvalue weighted by molar-refractivity contribution is -0.143. The van der Waals surface area contributed by atoms with Crippen LogP contribution < -0.4 is 16.6 Å². The Balaban J connectivity index is 1.39. The van der Waals surface area contributed by atoms with Crippen LogP contribution in [0.4, 0.5) is 0 Å². The van der Waals surface area contributed by atoms with Gasteiger partial charge in [-0.2, -0.15) is 0 Å². The third kappa shape index (κ3) is 5.36. The van der Waals surface area contributed by atoms with E-state index < -0.39 is 28.8 Å². The fraction of sp³-hybridized carbons (Fsp3) is 0.103. The number of rotatable bonds is 9. The van der Waals surface area contributed by atoms with E-state index in [0.717, 1.165) is 26.8 Å². The summed E-state index contributed by atoms with van der Waals surface area (Å²) in [5.74, 6) is -0.445. The number of fused-ring (bicyclic) bond motifs is 2. The van der Waals surface area contributed by atoms with Crippen LogP contribution in [0.25, 0.3) is 27.5 Å². The van der Waals surface area contributed by atoms with Gasteiger partial charge in [0, 0.05) is 17.8 Å². The number of ether oxygens (including phenoxy) is 1. The van der Waals surface area contributed by atoms with E-state index in [2.05, 4.69) is 20.3 Å². The molecule has 0 unspecified atom stereocenters. The molecule has 0 aliphatic rings. The van der Waals surface area contributed by atoms with Gasteiger partial charge in [0.1, 0.15) is 6.04 Å². The molecule has 3 aromatic heterocycles. The number of carbonyl (C=O) groups excluding carboxylic acids is 1. The number of methoxy groups -OCH3 is 1. The van der Waals surface area contributed by atoms with Crippen molar-refractivity contribution < 1.29 is 9.53 Å². The van der Waals surface area contributed by atoms with Crippen molar-refractivity contribution in [2.24, 2.45) is 0 Å². The van der Waals surface area contributed by atoms with Crippen LogP contribution in [0.15, 0.2) is 150 Å². The maximum atomic E-state index is 13.7. The smallest absolute Gasteiger partial charge is 0.333 e. The van der Waals surface area contributed by atoms with Crippen molar-refractivity contribution in [3.05, 3.63) is 183 Å². The standard InChI is InChI=1S/C39H31N5O4/c1-48-37(46)32(43-39(27-12-5-2-6-13-27,28-14-7-3-8-15-28)29-16-9-4-10-17-29)24-26-19-20-34(35-30(26)18-11-22-41-35)44-36(45)31-21-23-40-25-33(31)42-38(44)47/h2-23,25,32,43H,24H2,1H3,(H,42,47)/t32-/m0/s1. The van der Waals surface area contributed by atoms with Crippen LogP contribution in [0.3, 0.4) is 0 Å². The minimum Gasteiger partial charge on any atom is -0.468 e. The normalized spacial score (nSPS) is 12.2. The molecule has 0 aliphatic heterocycles. The van der Waals surface area contributed by atoms with Gasteiger partial charge in [-0.25, -0.2) is 9.36 Å². The van der Waals surface area contributed by atoms with E-state index in [-0.39, 0.29) is 6.42 Å². The van der Waals surface area contributed by atoms with Gasteiger partial charge in [-0.15, -0.1) is 0 Å². The van der Waals surface area contributed by atoms with Crippen molar-refractivity contribution >= 4 is 27.8 Å². The average Bonchev–Trinajstić information content (AvgIpc) is 3.14. The highest BCUT2D eigenvalue weighted by atomic mass is 16.5. The lowest BCUT2D eigenvalue weighted by atomic mass is 9.76. The molecule has 4 aromatic carbocycles. The van der Waals surface area contributed by atoms with E-state index >= 15 is 0 Å². The van der Waals surface area contributed by atoms with Crippen molar-refractivity contribution in [2.45, 2.75) is 18.0 Å². The highest BCUT2D eigenvalue weighted by Crippen LogP contribution is 2.38. The van der Waals surface area contributed by atoms with Crippen molar-refractivity contribution in [3.63, 3.8) is 0 Å². The minimum atomic E-state index is -0.933. The highest BCUT2D eigenvalue weighted by molar-refractivity contribution is 5.90. The molecule has 9 heteroatoms. The third-order valence-electron chi connectivity index (χ3n) is 8.70. The number of hydrogen-bond donors (Lipinski definition) is 2. The summed E-state index contributed by atoms with van der Waals surface area (Å²) < 4.78 is 6.49. The SMILES string of the molecule is COC(=O)[C@H](Cc1ccc(-n2c(=O)[nH]c3cnccc3c2=O)c2ncccc12)NC(c1ccccc1)(c1ccccc1)c1ccccc1. The number of hydrogen-bond acceptors (Lipinski definition) is 7. The Morgan fingerprint density at radius 3 is 2.02 bits per heavy atom. The minimum absolute atomic E-state index is 0.220. The number of carbonyl (C=O) groups is 1. The van der Waals surface area contributed by atoms with Gasteiger partial charge >= 0.3 is 11.7 Å². The number of aromatic nitrogens is 4. The quantitative estimate of drug-likeness (QED) is 0.164. The topological polar surface area (TPSA) is 119 Å². The van der Waals surface area contributed by atoms with E-state index in [0.29, 0.717) is 27.5 Å². The van der Waals surface area contributed by atoms with Crippen LogP contribution in [-0.4, -0.2) is 38.6 Å². The highest BCUT2D eigenvalue weighted by Gasteiger charge is 2.40. The van der Waals surface area contributed by atoms with Gasteiger partial charge < -0.3 is 9.72 Å². The largest absolute Gasteiger partial charge is 0.468 e. The summed E-state index contributed by atoms with van der Waals surface area (Å²) in [7, 11) is 1.38. The maximum absolute atomic E-state index is 13.7. The Kier molecular flexibility index (Phi) is 8.19. The van der Waals surface area contributed by atoms with Gasteiger partial charge in [0.05, 0.1) is 41.0 Å². The van der Waals surface area contributed by atoms with E-state index in [9.17, 15) is 14.4 Å².